The Labute approximate surface area is 184 Å². The van der Waals surface area contributed by atoms with Crippen LogP contribution in [0.25, 0.3) is 5.69 Å². The summed E-state index contributed by atoms with van der Waals surface area (Å²) in [6.45, 7) is 6.38. The van der Waals surface area contributed by atoms with Gasteiger partial charge in [0.2, 0.25) is 0 Å². The summed E-state index contributed by atoms with van der Waals surface area (Å²) in [5.74, 6) is 0.851. The highest BCUT2D eigenvalue weighted by Gasteiger charge is 2.08. The fourth-order valence-electron chi connectivity index (χ4n) is 3.61. The number of nitrogens with zero attached hydrogens (tertiary/aromatic N) is 4. The van der Waals surface area contributed by atoms with E-state index in [2.05, 4.69) is 88.2 Å². The summed E-state index contributed by atoms with van der Waals surface area (Å²) in [5.41, 5.74) is 4.83. The van der Waals surface area contributed by atoms with Crippen LogP contribution in [0.3, 0.4) is 0 Å². The Bertz CT molecular complexity index is 997. The molecule has 1 aliphatic rings. The first-order chi connectivity index (χ1) is 15.3. The predicted molar refractivity (Wildman–Crippen MR) is 128 cm³/mol. The maximum absolute atomic E-state index is 4.78. The number of hydrogen-bond acceptors (Lipinski definition) is 3. The van der Waals surface area contributed by atoms with E-state index in [1.165, 1.54) is 16.8 Å². The van der Waals surface area contributed by atoms with E-state index in [0.29, 0.717) is 6.54 Å². The lowest BCUT2D eigenvalue weighted by atomic mass is 10.1. The normalized spacial score (nSPS) is 13.6. The van der Waals surface area contributed by atoms with Gasteiger partial charge in [-0.2, -0.15) is 5.10 Å². The Morgan fingerprint density at radius 1 is 0.968 bits per heavy atom. The maximum atomic E-state index is 4.78. The van der Waals surface area contributed by atoms with E-state index in [-0.39, 0.29) is 0 Å². The van der Waals surface area contributed by atoms with Crippen molar-refractivity contribution in [2.45, 2.75) is 19.9 Å². The molecule has 1 aliphatic heterocycles. The zero-order valence-corrected chi connectivity index (χ0v) is 18.0. The fraction of sp³-hybridized carbons (Fsp3) is 0.280. The first-order valence-electron chi connectivity index (χ1n) is 10.9. The molecule has 2 heterocycles. The van der Waals surface area contributed by atoms with Crippen LogP contribution >= 0.6 is 0 Å². The third kappa shape index (κ3) is 5.75. The third-order valence-electron chi connectivity index (χ3n) is 5.27. The Morgan fingerprint density at radius 3 is 2.55 bits per heavy atom. The second-order valence-corrected chi connectivity index (χ2v) is 7.54. The smallest absolute Gasteiger partial charge is 0.191 e. The van der Waals surface area contributed by atoms with Crippen molar-refractivity contribution >= 4 is 11.6 Å². The largest absolute Gasteiger partial charge is 0.364 e. The minimum absolute atomic E-state index is 0.656. The molecule has 2 aromatic carbocycles. The Kier molecular flexibility index (Phi) is 7.00. The van der Waals surface area contributed by atoms with Gasteiger partial charge in [0.05, 0.1) is 12.2 Å². The van der Waals surface area contributed by atoms with Gasteiger partial charge >= 0.3 is 0 Å². The highest BCUT2D eigenvalue weighted by Crippen LogP contribution is 2.19. The molecule has 0 saturated carbocycles. The summed E-state index contributed by atoms with van der Waals surface area (Å²) in [7, 11) is 0. The number of anilines is 1. The number of benzene rings is 2. The molecule has 2 N–H and O–H groups in total. The van der Waals surface area contributed by atoms with Crippen LogP contribution in [0, 0.1) is 0 Å². The molecule has 6 heteroatoms. The van der Waals surface area contributed by atoms with Crippen molar-refractivity contribution < 1.29 is 0 Å². The number of nitrogens with one attached hydrogen (secondary N) is 2. The molecule has 0 spiro atoms. The summed E-state index contributed by atoms with van der Waals surface area (Å²) >= 11 is 0. The fourth-order valence-corrected chi connectivity index (χ4v) is 3.61. The monoisotopic (exact) mass is 414 g/mol. The Morgan fingerprint density at radius 2 is 1.81 bits per heavy atom. The lowest BCUT2D eigenvalue weighted by molar-refractivity contribution is 0.798. The van der Waals surface area contributed by atoms with E-state index in [0.717, 1.165) is 44.2 Å². The van der Waals surface area contributed by atoms with Gasteiger partial charge in [-0.3, -0.25) is 0 Å². The van der Waals surface area contributed by atoms with Gasteiger partial charge in [0.25, 0.3) is 0 Å². The number of hydrogen-bond donors (Lipinski definition) is 2. The van der Waals surface area contributed by atoms with Gasteiger partial charge in [0, 0.05) is 44.3 Å². The molecule has 4 rings (SSSR count). The van der Waals surface area contributed by atoms with E-state index in [4.69, 9.17) is 4.99 Å². The van der Waals surface area contributed by atoms with Gasteiger partial charge in [0.1, 0.15) is 0 Å². The second-order valence-electron chi connectivity index (χ2n) is 7.54. The van der Waals surface area contributed by atoms with E-state index in [1.807, 2.05) is 16.9 Å². The molecule has 6 nitrogen and oxygen atoms in total. The van der Waals surface area contributed by atoms with Crippen LogP contribution in [0.4, 0.5) is 5.69 Å². The van der Waals surface area contributed by atoms with Crippen molar-refractivity contribution in [3.8, 4) is 5.69 Å². The van der Waals surface area contributed by atoms with Gasteiger partial charge < -0.3 is 15.5 Å². The van der Waals surface area contributed by atoms with Crippen LogP contribution in [0.5, 0.6) is 0 Å². The van der Waals surface area contributed by atoms with Gasteiger partial charge in [-0.05, 0) is 54.8 Å². The number of aliphatic imine (C=N–C) groups is 1. The van der Waals surface area contributed by atoms with Crippen LogP contribution in [-0.2, 0) is 13.0 Å². The third-order valence-corrected chi connectivity index (χ3v) is 5.27. The van der Waals surface area contributed by atoms with E-state index >= 15 is 0 Å². The van der Waals surface area contributed by atoms with Gasteiger partial charge in [-0.25, -0.2) is 9.67 Å². The van der Waals surface area contributed by atoms with Crippen LogP contribution in [0.15, 0.2) is 84.1 Å². The maximum Gasteiger partial charge on any atom is 0.191 e. The zero-order chi connectivity index (χ0) is 21.3. The van der Waals surface area contributed by atoms with Crippen molar-refractivity contribution in [2.24, 2.45) is 4.99 Å². The van der Waals surface area contributed by atoms with Crippen molar-refractivity contribution in [1.29, 1.82) is 0 Å². The second kappa shape index (κ2) is 10.5. The van der Waals surface area contributed by atoms with Crippen molar-refractivity contribution in [3.05, 3.63) is 90.3 Å². The lowest BCUT2D eigenvalue weighted by Crippen LogP contribution is -2.38. The lowest BCUT2D eigenvalue weighted by Gasteiger charge is -2.18. The van der Waals surface area contributed by atoms with E-state index in [1.54, 1.807) is 6.20 Å². The molecule has 0 fully saturated rings. The summed E-state index contributed by atoms with van der Waals surface area (Å²) < 4.78 is 1.87. The molecule has 160 valence electrons. The Balaban J connectivity index is 1.30. The minimum atomic E-state index is 0.656. The van der Waals surface area contributed by atoms with Crippen LogP contribution in [0.1, 0.15) is 18.1 Å². The topological polar surface area (TPSA) is 57.5 Å². The van der Waals surface area contributed by atoms with Crippen LogP contribution < -0.4 is 15.5 Å². The standard InChI is InChI=1S/C25H30N6/c1-2-26-25(28-20-22-7-5-8-24(19-22)30-16-3-4-17-30)27-15-13-21-9-11-23(12-10-21)31-18-6-14-29-31/h3-12,14,18-19H,2,13,15-17,20H2,1H3,(H2,26,27,28). The summed E-state index contributed by atoms with van der Waals surface area (Å²) in [6.07, 6.45) is 9.10. The average Bonchev–Trinajstić information content (AvgIpc) is 3.53. The SMILES string of the molecule is CCNC(=NCc1cccc(N2CC=CC2)c1)NCCc1ccc(-n2cccn2)cc1. The zero-order valence-electron chi connectivity index (χ0n) is 18.0. The van der Waals surface area contributed by atoms with Crippen LogP contribution in [0.2, 0.25) is 0 Å². The van der Waals surface area contributed by atoms with Crippen LogP contribution in [-0.4, -0.2) is 41.9 Å². The molecule has 3 aromatic rings. The van der Waals surface area contributed by atoms with E-state index in [9.17, 15) is 0 Å². The first kappa shape index (κ1) is 20.7. The average molecular weight is 415 g/mol. The molecule has 31 heavy (non-hydrogen) atoms. The minimum Gasteiger partial charge on any atom is -0.364 e. The molecular weight excluding hydrogens is 384 g/mol. The molecule has 0 amide bonds. The van der Waals surface area contributed by atoms with Crippen molar-refractivity contribution in [3.63, 3.8) is 0 Å². The van der Waals surface area contributed by atoms with Crippen molar-refractivity contribution in [1.82, 2.24) is 20.4 Å². The van der Waals surface area contributed by atoms with Gasteiger partial charge in [-0.1, -0.05) is 36.4 Å². The quantitative estimate of drug-likeness (QED) is 0.336. The van der Waals surface area contributed by atoms with E-state index < -0.39 is 0 Å². The predicted octanol–water partition coefficient (Wildman–Crippen LogP) is 3.55. The molecule has 0 aliphatic carbocycles. The molecule has 0 bridgehead atoms. The molecule has 0 atom stereocenters. The highest BCUT2D eigenvalue weighted by molar-refractivity contribution is 5.79. The van der Waals surface area contributed by atoms with Crippen molar-refractivity contribution in [2.75, 3.05) is 31.1 Å². The molecule has 0 saturated heterocycles. The summed E-state index contributed by atoms with van der Waals surface area (Å²) in [4.78, 5) is 7.13. The first-order valence-corrected chi connectivity index (χ1v) is 10.9. The highest BCUT2D eigenvalue weighted by atomic mass is 15.3. The number of rotatable bonds is 8. The van der Waals surface area contributed by atoms with Gasteiger partial charge in [0.15, 0.2) is 5.96 Å². The number of aromatic nitrogens is 2. The molecule has 1 aromatic heterocycles. The molecule has 0 radical (unpaired) electrons. The summed E-state index contributed by atoms with van der Waals surface area (Å²) in [5, 5.41) is 11.1. The van der Waals surface area contributed by atoms with Gasteiger partial charge in [-0.15, -0.1) is 0 Å². The Hall–Kier alpha value is -3.54. The molecular formula is C25H30N6. The number of guanidine groups is 1. The summed E-state index contributed by atoms with van der Waals surface area (Å²) in [6, 6.07) is 19.1. The molecule has 0 unspecified atom stereocenters.